The van der Waals surface area contributed by atoms with Crippen LogP contribution in [0.25, 0.3) is 28.2 Å². The number of benzene rings is 2. The van der Waals surface area contributed by atoms with Gasteiger partial charge in [0, 0.05) is 39.9 Å². The number of aryl methyl sites for hydroxylation is 2. The standard InChI is InChI=1S/C27H26BrN7O/c1-3-6-21-17-35(25-19(4-2)7-5-8-24(25)28)27(36)34(21)16-18-9-11-20(12-10-18)23-15-29-14-13-22(23)26-30-32-33-31-26/h5,7-15,17H,3-4,6,16H2,1-2H3,(H,30,31,32,33). The first kappa shape index (κ1) is 23.9. The summed E-state index contributed by atoms with van der Waals surface area (Å²) >= 11 is 3.66. The molecule has 5 rings (SSSR count). The molecule has 0 saturated heterocycles. The lowest BCUT2D eigenvalue weighted by Crippen LogP contribution is -2.25. The zero-order chi connectivity index (χ0) is 25.1. The van der Waals surface area contributed by atoms with Gasteiger partial charge >= 0.3 is 5.69 Å². The molecule has 1 N–H and O–H groups in total. The molecule has 0 unspecified atom stereocenters. The quantitative estimate of drug-likeness (QED) is 0.290. The Bertz CT molecular complexity index is 1540. The molecule has 0 bridgehead atoms. The van der Waals surface area contributed by atoms with Crippen LogP contribution < -0.4 is 5.69 Å². The van der Waals surface area contributed by atoms with Crippen LogP contribution in [0.15, 0.2) is 76.4 Å². The van der Waals surface area contributed by atoms with Crippen LogP contribution in [-0.4, -0.2) is 34.7 Å². The van der Waals surface area contributed by atoms with Gasteiger partial charge in [-0.15, -0.1) is 5.10 Å². The highest BCUT2D eigenvalue weighted by Crippen LogP contribution is 2.29. The average molecular weight is 544 g/mol. The number of tetrazole rings is 1. The van der Waals surface area contributed by atoms with Crippen LogP contribution in [0.4, 0.5) is 0 Å². The lowest BCUT2D eigenvalue weighted by atomic mass is 10.0. The van der Waals surface area contributed by atoms with E-state index in [0.717, 1.165) is 62.9 Å². The second-order valence-electron chi connectivity index (χ2n) is 8.58. The highest BCUT2D eigenvalue weighted by atomic mass is 79.9. The molecule has 9 heteroatoms. The van der Waals surface area contributed by atoms with Crippen molar-refractivity contribution in [3.05, 3.63) is 98.9 Å². The van der Waals surface area contributed by atoms with Crippen LogP contribution in [0.1, 0.15) is 37.1 Å². The number of para-hydroxylation sites is 1. The second kappa shape index (κ2) is 10.4. The first-order chi connectivity index (χ1) is 17.6. The predicted molar refractivity (Wildman–Crippen MR) is 143 cm³/mol. The molecule has 0 atom stereocenters. The fraction of sp³-hybridized carbons (Fsp3) is 0.222. The first-order valence-corrected chi connectivity index (χ1v) is 12.8. The number of hydrogen-bond acceptors (Lipinski definition) is 5. The van der Waals surface area contributed by atoms with Crippen molar-refractivity contribution in [3.8, 4) is 28.2 Å². The van der Waals surface area contributed by atoms with Crippen LogP contribution in [0.3, 0.4) is 0 Å². The lowest BCUT2D eigenvalue weighted by molar-refractivity contribution is 0.691. The molecule has 8 nitrogen and oxygen atoms in total. The monoisotopic (exact) mass is 543 g/mol. The van der Waals surface area contributed by atoms with Crippen LogP contribution in [0, 0.1) is 0 Å². The van der Waals surface area contributed by atoms with Crippen molar-refractivity contribution < 1.29 is 0 Å². The highest BCUT2D eigenvalue weighted by molar-refractivity contribution is 9.10. The van der Waals surface area contributed by atoms with E-state index < -0.39 is 0 Å². The minimum absolute atomic E-state index is 0.0310. The number of aromatic amines is 1. The summed E-state index contributed by atoms with van der Waals surface area (Å²) in [4.78, 5) is 17.9. The van der Waals surface area contributed by atoms with Gasteiger partial charge in [0.2, 0.25) is 0 Å². The zero-order valence-electron chi connectivity index (χ0n) is 20.1. The van der Waals surface area contributed by atoms with Gasteiger partial charge < -0.3 is 0 Å². The zero-order valence-corrected chi connectivity index (χ0v) is 21.7. The number of hydrogen-bond donors (Lipinski definition) is 1. The smallest absolute Gasteiger partial charge is 0.292 e. The summed E-state index contributed by atoms with van der Waals surface area (Å²) < 4.78 is 4.59. The topological polar surface area (TPSA) is 94.3 Å². The van der Waals surface area contributed by atoms with Crippen molar-refractivity contribution in [2.75, 3.05) is 0 Å². The minimum Gasteiger partial charge on any atom is -0.292 e. The fourth-order valence-corrected chi connectivity index (χ4v) is 5.10. The summed E-state index contributed by atoms with van der Waals surface area (Å²) in [6.45, 7) is 4.74. The number of H-pyrrole nitrogens is 1. The van der Waals surface area contributed by atoms with Gasteiger partial charge in [-0.3, -0.25) is 14.1 Å². The third-order valence-corrected chi connectivity index (χ3v) is 6.93. The van der Waals surface area contributed by atoms with E-state index in [1.807, 2.05) is 41.1 Å². The average Bonchev–Trinajstić information content (AvgIpc) is 3.54. The van der Waals surface area contributed by atoms with Gasteiger partial charge in [0.1, 0.15) is 0 Å². The van der Waals surface area contributed by atoms with Gasteiger partial charge in [0.15, 0.2) is 5.82 Å². The summed E-state index contributed by atoms with van der Waals surface area (Å²) in [7, 11) is 0. The van der Waals surface area contributed by atoms with Gasteiger partial charge in [0.25, 0.3) is 0 Å². The number of rotatable bonds is 8. The Labute approximate surface area is 217 Å². The van der Waals surface area contributed by atoms with Gasteiger partial charge in [-0.2, -0.15) is 0 Å². The maximum absolute atomic E-state index is 13.6. The fourth-order valence-electron chi connectivity index (χ4n) is 4.50. The van der Waals surface area contributed by atoms with Crippen molar-refractivity contribution in [2.45, 2.75) is 39.7 Å². The first-order valence-electron chi connectivity index (χ1n) is 12.0. The molecule has 0 aliphatic rings. The summed E-state index contributed by atoms with van der Waals surface area (Å²) in [5.41, 5.74) is 6.89. The number of nitrogens with zero attached hydrogens (tertiary/aromatic N) is 6. The number of nitrogens with one attached hydrogen (secondary N) is 1. The van der Waals surface area contributed by atoms with Crippen LogP contribution >= 0.6 is 15.9 Å². The van der Waals surface area contributed by atoms with Crippen LogP contribution in [0.2, 0.25) is 0 Å². The molecule has 5 aromatic rings. The maximum atomic E-state index is 13.6. The Kier molecular flexibility index (Phi) is 6.90. The molecule has 0 amide bonds. The Morgan fingerprint density at radius 3 is 2.58 bits per heavy atom. The molecule has 3 heterocycles. The summed E-state index contributed by atoms with van der Waals surface area (Å²) in [6.07, 6.45) is 8.15. The summed E-state index contributed by atoms with van der Waals surface area (Å²) in [5.74, 6) is 0.590. The van der Waals surface area contributed by atoms with E-state index in [9.17, 15) is 4.79 Å². The van der Waals surface area contributed by atoms with Crippen LogP contribution in [-0.2, 0) is 19.4 Å². The Morgan fingerprint density at radius 2 is 1.86 bits per heavy atom. The van der Waals surface area contributed by atoms with E-state index in [1.54, 1.807) is 17.0 Å². The Balaban J connectivity index is 1.50. The second-order valence-corrected chi connectivity index (χ2v) is 9.43. The molecule has 0 spiro atoms. The molecule has 2 aromatic carbocycles. The molecular formula is C27H26BrN7O. The Morgan fingerprint density at radius 1 is 1.03 bits per heavy atom. The molecule has 0 saturated carbocycles. The van der Waals surface area contributed by atoms with Crippen molar-refractivity contribution in [2.24, 2.45) is 0 Å². The molecule has 36 heavy (non-hydrogen) atoms. The SMILES string of the molecule is CCCc1cn(-c2c(Br)cccc2CC)c(=O)n1Cc1ccc(-c2cnccc2-c2nnn[nH]2)cc1. The third-order valence-electron chi connectivity index (χ3n) is 6.29. The minimum atomic E-state index is -0.0310. The van der Waals surface area contributed by atoms with E-state index in [0.29, 0.717) is 12.4 Å². The van der Waals surface area contributed by atoms with E-state index in [-0.39, 0.29) is 5.69 Å². The number of imidazole rings is 1. The van der Waals surface area contributed by atoms with E-state index in [4.69, 9.17) is 0 Å². The van der Waals surface area contributed by atoms with Gasteiger partial charge in [-0.25, -0.2) is 9.89 Å². The largest absolute Gasteiger partial charge is 0.333 e. The third kappa shape index (κ3) is 4.54. The molecule has 3 aromatic heterocycles. The van der Waals surface area contributed by atoms with Gasteiger partial charge in [-0.1, -0.05) is 56.7 Å². The predicted octanol–water partition coefficient (Wildman–Crippen LogP) is 5.21. The molecule has 0 aliphatic heterocycles. The molecule has 0 radical (unpaired) electrons. The number of aromatic nitrogens is 7. The molecule has 0 aliphatic carbocycles. The number of pyridine rings is 1. The van der Waals surface area contributed by atoms with E-state index in [2.05, 4.69) is 73.6 Å². The summed E-state index contributed by atoms with van der Waals surface area (Å²) in [6, 6.07) is 16.2. The van der Waals surface area contributed by atoms with Gasteiger partial charge in [-0.05, 0) is 68.0 Å². The summed E-state index contributed by atoms with van der Waals surface area (Å²) in [5, 5.41) is 14.2. The van der Waals surface area contributed by atoms with Gasteiger partial charge in [0.05, 0.1) is 12.2 Å². The Hall–Kier alpha value is -3.85. The van der Waals surface area contributed by atoms with Crippen molar-refractivity contribution in [1.29, 1.82) is 0 Å². The van der Waals surface area contributed by atoms with Crippen molar-refractivity contribution in [1.82, 2.24) is 34.7 Å². The normalized spacial score (nSPS) is 11.2. The van der Waals surface area contributed by atoms with Crippen molar-refractivity contribution in [3.63, 3.8) is 0 Å². The van der Waals surface area contributed by atoms with E-state index in [1.165, 1.54) is 0 Å². The highest BCUT2D eigenvalue weighted by Gasteiger charge is 2.17. The molecule has 0 fully saturated rings. The molecular weight excluding hydrogens is 518 g/mol. The van der Waals surface area contributed by atoms with Crippen molar-refractivity contribution >= 4 is 15.9 Å². The molecule has 182 valence electrons. The van der Waals surface area contributed by atoms with Crippen LogP contribution in [0.5, 0.6) is 0 Å². The maximum Gasteiger partial charge on any atom is 0.333 e. The lowest BCUT2D eigenvalue weighted by Gasteiger charge is -2.11. The van der Waals surface area contributed by atoms with E-state index >= 15 is 0 Å². The number of halogens is 1.